The van der Waals surface area contributed by atoms with Crippen LogP contribution in [0.3, 0.4) is 0 Å². The molecule has 3 N–H and O–H groups in total. The van der Waals surface area contributed by atoms with E-state index in [1.165, 1.54) is 18.6 Å². The van der Waals surface area contributed by atoms with Gasteiger partial charge < -0.3 is 10.2 Å². The molecule has 0 bridgehead atoms. The van der Waals surface area contributed by atoms with Crippen LogP contribution in [-0.4, -0.2) is 43.8 Å². The Morgan fingerprint density at radius 1 is 1.11 bits per heavy atom. The first-order valence-electron chi connectivity index (χ1n) is 9.03. The van der Waals surface area contributed by atoms with E-state index in [0.717, 1.165) is 37.2 Å². The number of aromatic nitrogens is 1. The number of hydrogen-bond acceptors (Lipinski definition) is 5. The number of nitrogens with two attached hydrogens (primary N) is 1. The van der Waals surface area contributed by atoms with Crippen LogP contribution in [0.15, 0.2) is 47.6 Å². The van der Waals surface area contributed by atoms with Crippen molar-refractivity contribution in [3.05, 3.63) is 53.9 Å². The summed E-state index contributed by atoms with van der Waals surface area (Å²) in [6.45, 7) is 2.26. The Morgan fingerprint density at radius 2 is 1.81 bits per heavy atom. The molecule has 0 saturated carbocycles. The zero-order valence-corrected chi connectivity index (χ0v) is 15.9. The fraction of sp³-hybridized carbons (Fsp3) is 0.368. The number of nitrogens with zero attached hydrogens (tertiary/aromatic N) is 2. The zero-order valence-electron chi connectivity index (χ0n) is 15.1. The molecule has 1 fully saturated rings. The van der Waals surface area contributed by atoms with Crippen LogP contribution >= 0.6 is 0 Å². The number of sulfonamides is 1. The summed E-state index contributed by atoms with van der Waals surface area (Å²) in [7, 11) is -3.67. The van der Waals surface area contributed by atoms with Crippen molar-refractivity contribution in [2.75, 3.05) is 25.0 Å². The maximum absolute atomic E-state index is 12.6. The molecule has 0 aliphatic carbocycles. The van der Waals surface area contributed by atoms with Crippen molar-refractivity contribution in [2.24, 2.45) is 5.14 Å². The summed E-state index contributed by atoms with van der Waals surface area (Å²) in [5.41, 5.74) is 2.38. The lowest BCUT2D eigenvalue weighted by Crippen LogP contribution is -2.35. The molecule has 1 amide bonds. The van der Waals surface area contributed by atoms with Gasteiger partial charge in [0, 0.05) is 32.0 Å². The number of carbonyl (C=O) groups excluding carboxylic acids is 1. The van der Waals surface area contributed by atoms with Crippen molar-refractivity contribution in [2.45, 2.75) is 30.6 Å². The lowest BCUT2D eigenvalue weighted by molar-refractivity contribution is 0.0724. The Morgan fingerprint density at radius 3 is 2.48 bits per heavy atom. The van der Waals surface area contributed by atoms with Gasteiger partial charge in [0.1, 0.15) is 0 Å². The van der Waals surface area contributed by atoms with Crippen molar-refractivity contribution in [3.8, 4) is 0 Å². The summed E-state index contributed by atoms with van der Waals surface area (Å²) in [5.74, 6) is 0.0319. The third-order valence-electron chi connectivity index (χ3n) is 4.62. The number of primary sulfonamides is 1. The largest absolute Gasteiger partial charge is 0.383 e. The van der Waals surface area contributed by atoms with Gasteiger partial charge in [-0.1, -0.05) is 12.1 Å². The van der Waals surface area contributed by atoms with Crippen LogP contribution in [-0.2, 0) is 16.4 Å². The lowest BCUT2D eigenvalue weighted by atomic mass is 10.1. The smallest absolute Gasteiger partial charge is 0.255 e. The molecular weight excluding hydrogens is 364 g/mol. The van der Waals surface area contributed by atoms with Gasteiger partial charge in [0.15, 0.2) is 0 Å². The van der Waals surface area contributed by atoms with Gasteiger partial charge in [-0.2, -0.15) is 0 Å². The molecule has 2 aromatic rings. The molecule has 1 aromatic carbocycles. The van der Waals surface area contributed by atoms with Crippen molar-refractivity contribution in [1.82, 2.24) is 9.88 Å². The molecule has 8 heteroatoms. The summed E-state index contributed by atoms with van der Waals surface area (Å²) in [5, 5.41) is 8.36. The van der Waals surface area contributed by atoms with Crippen LogP contribution in [0.5, 0.6) is 0 Å². The van der Waals surface area contributed by atoms with E-state index in [1.807, 2.05) is 11.0 Å². The number of hydrogen-bond donors (Lipinski definition) is 2. The van der Waals surface area contributed by atoms with Crippen molar-refractivity contribution in [3.63, 3.8) is 0 Å². The number of benzene rings is 1. The molecule has 0 atom stereocenters. The van der Waals surface area contributed by atoms with Crippen molar-refractivity contribution >= 4 is 21.6 Å². The maximum Gasteiger partial charge on any atom is 0.255 e. The van der Waals surface area contributed by atoms with E-state index in [0.29, 0.717) is 18.5 Å². The predicted octanol–water partition coefficient (Wildman–Crippen LogP) is 2.01. The number of rotatable bonds is 6. The third kappa shape index (κ3) is 5.27. The van der Waals surface area contributed by atoms with E-state index in [1.54, 1.807) is 24.5 Å². The predicted molar refractivity (Wildman–Crippen MR) is 104 cm³/mol. The van der Waals surface area contributed by atoms with Gasteiger partial charge in [0.2, 0.25) is 10.0 Å². The second-order valence-electron chi connectivity index (χ2n) is 6.68. The van der Waals surface area contributed by atoms with Crippen molar-refractivity contribution < 1.29 is 13.2 Å². The first kappa shape index (κ1) is 19.3. The Labute approximate surface area is 159 Å². The minimum Gasteiger partial charge on any atom is -0.383 e. The SMILES string of the molecule is NS(=O)(=O)c1ccc(CCNc2cncc(C(=O)N3CCCCC3)c2)cc1. The van der Waals surface area contributed by atoms with Gasteiger partial charge in [-0.05, 0) is 49.4 Å². The summed E-state index contributed by atoms with van der Waals surface area (Å²) >= 11 is 0. The van der Waals surface area contributed by atoms with Crippen LogP contribution in [0.25, 0.3) is 0 Å². The highest BCUT2D eigenvalue weighted by Gasteiger charge is 2.18. The second-order valence-corrected chi connectivity index (χ2v) is 8.24. The van der Waals surface area contributed by atoms with Gasteiger partial charge in [-0.25, -0.2) is 13.6 Å². The molecule has 144 valence electrons. The maximum atomic E-state index is 12.6. The Balaban J connectivity index is 1.56. The van der Waals surface area contributed by atoms with E-state index < -0.39 is 10.0 Å². The van der Waals surface area contributed by atoms with E-state index in [4.69, 9.17) is 5.14 Å². The first-order chi connectivity index (χ1) is 12.9. The summed E-state index contributed by atoms with van der Waals surface area (Å²) in [4.78, 5) is 18.7. The van der Waals surface area contributed by atoms with Crippen molar-refractivity contribution in [1.29, 1.82) is 0 Å². The highest BCUT2D eigenvalue weighted by Crippen LogP contribution is 2.15. The average molecular weight is 388 g/mol. The highest BCUT2D eigenvalue weighted by atomic mass is 32.2. The second kappa shape index (κ2) is 8.49. The van der Waals surface area contributed by atoms with Crippen LogP contribution in [0.2, 0.25) is 0 Å². The van der Waals surface area contributed by atoms with E-state index in [2.05, 4.69) is 10.3 Å². The molecule has 3 rings (SSSR count). The number of anilines is 1. The van der Waals surface area contributed by atoms with Gasteiger partial charge in [-0.3, -0.25) is 9.78 Å². The standard InChI is InChI=1S/C19H24N4O3S/c20-27(25,26)18-6-4-15(5-7-18)8-9-22-17-12-16(13-21-14-17)19(24)23-10-2-1-3-11-23/h4-7,12-14,22H,1-3,8-11H2,(H2,20,25,26). The fourth-order valence-electron chi connectivity index (χ4n) is 3.13. The fourth-order valence-corrected chi connectivity index (χ4v) is 3.65. The number of pyridine rings is 1. The number of likely N-dealkylation sites (tertiary alicyclic amines) is 1. The van der Waals surface area contributed by atoms with Crippen LogP contribution < -0.4 is 10.5 Å². The van der Waals surface area contributed by atoms with Gasteiger partial charge in [0.25, 0.3) is 5.91 Å². The quantitative estimate of drug-likeness (QED) is 0.787. The average Bonchev–Trinajstić information content (AvgIpc) is 2.68. The monoisotopic (exact) mass is 388 g/mol. The molecule has 1 aromatic heterocycles. The number of amides is 1. The minimum absolute atomic E-state index is 0.0319. The molecule has 1 saturated heterocycles. The summed E-state index contributed by atoms with van der Waals surface area (Å²) in [6.07, 6.45) is 7.30. The summed E-state index contributed by atoms with van der Waals surface area (Å²) in [6, 6.07) is 8.33. The Hall–Kier alpha value is -2.45. The topological polar surface area (TPSA) is 105 Å². The van der Waals surface area contributed by atoms with E-state index in [-0.39, 0.29) is 10.8 Å². The Bertz CT molecular complexity index is 891. The number of nitrogens with one attached hydrogen (secondary N) is 1. The molecular formula is C19H24N4O3S. The van der Waals surface area contributed by atoms with E-state index >= 15 is 0 Å². The molecule has 27 heavy (non-hydrogen) atoms. The van der Waals surface area contributed by atoms with E-state index in [9.17, 15) is 13.2 Å². The van der Waals surface area contributed by atoms with Gasteiger partial charge >= 0.3 is 0 Å². The van der Waals surface area contributed by atoms with Crippen LogP contribution in [0.1, 0.15) is 35.2 Å². The molecule has 1 aliphatic heterocycles. The third-order valence-corrected chi connectivity index (χ3v) is 5.55. The molecule has 0 unspecified atom stereocenters. The first-order valence-corrected chi connectivity index (χ1v) is 10.6. The van der Waals surface area contributed by atoms with Crippen LogP contribution in [0, 0.1) is 0 Å². The zero-order chi connectivity index (χ0) is 19.3. The van der Waals surface area contributed by atoms with Gasteiger partial charge in [-0.15, -0.1) is 0 Å². The van der Waals surface area contributed by atoms with Gasteiger partial charge in [0.05, 0.1) is 16.1 Å². The molecule has 1 aliphatic rings. The summed E-state index contributed by atoms with van der Waals surface area (Å²) < 4.78 is 22.5. The molecule has 0 spiro atoms. The van der Waals surface area contributed by atoms with Crippen LogP contribution in [0.4, 0.5) is 5.69 Å². The highest BCUT2D eigenvalue weighted by molar-refractivity contribution is 7.89. The lowest BCUT2D eigenvalue weighted by Gasteiger charge is -2.26. The number of piperidine rings is 1. The minimum atomic E-state index is -3.67. The normalized spacial score (nSPS) is 14.8. The molecule has 7 nitrogen and oxygen atoms in total. The Kier molecular flexibility index (Phi) is 6.08. The molecule has 2 heterocycles. The number of carbonyl (C=O) groups is 1. The molecule has 0 radical (unpaired) electrons.